The molecule has 0 spiro atoms. The van der Waals surface area contributed by atoms with Gasteiger partial charge in [0.1, 0.15) is 5.69 Å². The molecule has 0 aromatic carbocycles. The van der Waals surface area contributed by atoms with E-state index in [-0.39, 0.29) is 12.1 Å². The van der Waals surface area contributed by atoms with Crippen molar-refractivity contribution in [3.8, 4) is 11.5 Å². The normalized spacial score (nSPS) is 24.4. The van der Waals surface area contributed by atoms with Gasteiger partial charge in [-0.1, -0.05) is 5.16 Å². The van der Waals surface area contributed by atoms with Crippen molar-refractivity contribution in [2.24, 2.45) is 7.05 Å². The Balaban J connectivity index is 1.86. The summed E-state index contributed by atoms with van der Waals surface area (Å²) in [5.74, 6) is 1.03. The minimum atomic E-state index is -0.341. The summed E-state index contributed by atoms with van der Waals surface area (Å²) >= 11 is 0. The number of β-amino-alcohol motifs (C(OH)–C–C–N with tert-alkyl or cyclic N) is 1. The molecule has 0 unspecified atom stereocenters. The zero-order valence-corrected chi connectivity index (χ0v) is 9.37. The Morgan fingerprint density at radius 3 is 3.12 bits per heavy atom. The summed E-state index contributed by atoms with van der Waals surface area (Å²) in [5.41, 5.74) is 0.804. The molecular weight excluding hydrogens is 222 g/mol. The van der Waals surface area contributed by atoms with E-state index in [1.165, 1.54) is 0 Å². The quantitative estimate of drug-likeness (QED) is 0.753. The molecule has 0 bridgehead atoms. The number of hydrogen-bond acceptors (Lipinski definition) is 6. The van der Waals surface area contributed by atoms with Crippen molar-refractivity contribution in [2.45, 2.75) is 18.6 Å². The Hall–Kier alpha value is -1.73. The maximum Gasteiger partial charge on any atom is 0.244 e. The molecule has 17 heavy (non-hydrogen) atoms. The third-order valence-electron chi connectivity index (χ3n) is 2.89. The van der Waals surface area contributed by atoms with E-state index in [0.717, 1.165) is 5.69 Å². The molecule has 1 aliphatic heterocycles. The fourth-order valence-electron chi connectivity index (χ4n) is 1.96. The van der Waals surface area contributed by atoms with Crippen molar-refractivity contribution in [1.82, 2.24) is 25.0 Å². The van der Waals surface area contributed by atoms with E-state index in [1.807, 2.05) is 11.6 Å². The van der Waals surface area contributed by atoms with E-state index < -0.39 is 0 Å². The lowest BCUT2D eigenvalue weighted by atomic mass is 10.2. The fourth-order valence-corrected chi connectivity index (χ4v) is 1.96. The van der Waals surface area contributed by atoms with Gasteiger partial charge in [0, 0.05) is 13.6 Å². The van der Waals surface area contributed by atoms with Crippen molar-refractivity contribution in [3.05, 3.63) is 18.4 Å². The van der Waals surface area contributed by atoms with Crippen molar-refractivity contribution in [3.63, 3.8) is 0 Å². The largest absolute Gasteiger partial charge is 0.392 e. The minimum absolute atomic E-state index is 0.0560. The van der Waals surface area contributed by atoms with Crippen LogP contribution in [0.1, 0.15) is 18.4 Å². The molecule has 1 fully saturated rings. The molecule has 3 rings (SSSR count). The molecular formula is C10H13N5O2. The first kappa shape index (κ1) is 10.4. The van der Waals surface area contributed by atoms with E-state index in [1.54, 1.807) is 12.5 Å². The van der Waals surface area contributed by atoms with Gasteiger partial charge in [0.2, 0.25) is 11.7 Å². The van der Waals surface area contributed by atoms with Crippen LogP contribution in [0.4, 0.5) is 0 Å². The highest BCUT2D eigenvalue weighted by Gasteiger charge is 2.28. The van der Waals surface area contributed by atoms with Crippen molar-refractivity contribution in [2.75, 3.05) is 6.54 Å². The number of aliphatic hydroxyl groups excluding tert-OH is 1. The monoisotopic (exact) mass is 235 g/mol. The van der Waals surface area contributed by atoms with Crippen LogP contribution in [0.3, 0.4) is 0 Å². The van der Waals surface area contributed by atoms with Crippen molar-refractivity contribution < 1.29 is 9.63 Å². The number of imidazole rings is 1. The van der Waals surface area contributed by atoms with Crippen LogP contribution in [0, 0.1) is 0 Å². The summed E-state index contributed by atoms with van der Waals surface area (Å²) in [4.78, 5) is 8.32. The van der Waals surface area contributed by atoms with Gasteiger partial charge in [-0.25, -0.2) is 4.98 Å². The van der Waals surface area contributed by atoms with Crippen LogP contribution >= 0.6 is 0 Å². The molecule has 1 saturated heterocycles. The summed E-state index contributed by atoms with van der Waals surface area (Å²) in [6.45, 7) is 0.564. The Kier molecular flexibility index (Phi) is 2.41. The predicted molar refractivity (Wildman–Crippen MR) is 57.9 cm³/mol. The van der Waals surface area contributed by atoms with Gasteiger partial charge in [-0.2, -0.15) is 4.98 Å². The Morgan fingerprint density at radius 1 is 1.59 bits per heavy atom. The van der Waals surface area contributed by atoms with Gasteiger partial charge in [-0.3, -0.25) is 0 Å². The summed E-state index contributed by atoms with van der Waals surface area (Å²) in [5, 5.41) is 16.5. The van der Waals surface area contributed by atoms with Crippen molar-refractivity contribution >= 4 is 0 Å². The number of aromatic nitrogens is 4. The standard InChI is InChI=1S/C10H13N5O2/c1-15-5-11-4-8(15)9-13-10(17-14-9)7-2-6(16)3-12-7/h4-7,12,16H,2-3H2,1H3/t6-,7-/m1/s1. The average molecular weight is 235 g/mol. The maximum atomic E-state index is 9.43. The van der Waals surface area contributed by atoms with Crippen LogP contribution in [0.25, 0.3) is 11.5 Å². The van der Waals surface area contributed by atoms with Gasteiger partial charge in [0.05, 0.1) is 24.7 Å². The molecule has 7 nitrogen and oxygen atoms in total. The molecule has 2 aromatic rings. The first-order valence-corrected chi connectivity index (χ1v) is 5.46. The summed E-state index contributed by atoms with van der Waals surface area (Å²) < 4.78 is 7.02. The molecule has 90 valence electrons. The second-order valence-corrected chi connectivity index (χ2v) is 4.20. The second-order valence-electron chi connectivity index (χ2n) is 4.20. The van der Waals surface area contributed by atoms with Gasteiger partial charge in [0.25, 0.3) is 0 Å². The fraction of sp³-hybridized carbons (Fsp3) is 0.500. The van der Waals surface area contributed by atoms with Crippen LogP contribution in [0.15, 0.2) is 17.0 Å². The number of aryl methyl sites for hydroxylation is 1. The number of hydrogen-bond donors (Lipinski definition) is 2. The number of rotatable bonds is 2. The zero-order chi connectivity index (χ0) is 11.8. The molecule has 2 N–H and O–H groups in total. The smallest absolute Gasteiger partial charge is 0.244 e. The minimum Gasteiger partial charge on any atom is -0.392 e. The van der Waals surface area contributed by atoms with E-state index in [9.17, 15) is 5.11 Å². The lowest BCUT2D eigenvalue weighted by Crippen LogP contribution is -2.15. The van der Waals surface area contributed by atoms with Crippen LogP contribution < -0.4 is 5.32 Å². The number of nitrogens with one attached hydrogen (secondary N) is 1. The van der Waals surface area contributed by atoms with Gasteiger partial charge < -0.3 is 19.5 Å². The highest BCUT2D eigenvalue weighted by molar-refractivity contribution is 5.47. The Labute approximate surface area is 97.5 Å². The van der Waals surface area contributed by atoms with E-state index in [4.69, 9.17) is 4.52 Å². The molecule has 2 aromatic heterocycles. The summed E-state index contributed by atoms with van der Waals surface area (Å²) in [6.07, 6.45) is 3.63. The average Bonchev–Trinajstić information content (AvgIpc) is 2.97. The molecule has 1 aliphatic rings. The highest BCUT2D eigenvalue weighted by atomic mass is 16.5. The molecule has 3 heterocycles. The van der Waals surface area contributed by atoms with Crippen LogP contribution in [-0.2, 0) is 7.05 Å². The SMILES string of the molecule is Cn1cncc1-c1noc([C@H]2C[C@@H](O)CN2)n1. The summed E-state index contributed by atoms with van der Waals surface area (Å²) in [7, 11) is 1.87. The molecule has 0 amide bonds. The first-order valence-electron chi connectivity index (χ1n) is 5.46. The van der Waals surface area contributed by atoms with Gasteiger partial charge in [0.15, 0.2) is 0 Å². The highest BCUT2D eigenvalue weighted by Crippen LogP contribution is 2.24. The van der Waals surface area contributed by atoms with E-state index in [0.29, 0.717) is 24.7 Å². The topological polar surface area (TPSA) is 89.0 Å². The number of aliphatic hydroxyl groups is 1. The zero-order valence-electron chi connectivity index (χ0n) is 9.37. The van der Waals surface area contributed by atoms with Gasteiger partial charge in [-0.05, 0) is 6.42 Å². The van der Waals surface area contributed by atoms with Crippen molar-refractivity contribution in [1.29, 1.82) is 0 Å². The molecule has 7 heteroatoms. The van der Waals surface area contributed by atoms with Crippen LogP contribution in [0.5, 0.6) is 0 Å². The number of nitrogens with zero attached hydrogens (tertiary/aromatic N) is 4. The third-order valence-corrected chi connectivity index (χ3v) is 2.89. The molecule has 0 aliphatic carbocycles. The van der Waals surface area contributed by atoms with Gasteiger partial charge >= 0.3 is 0 Å². The summed E-state index contributed by atoms with van der Waals surface area (Å²) in [6, 6.07) is -0.0560. The lowest BCUT2D eigenvalue weighted by Gasteiger charge is -2.01. The van der Waals surface area contributed by atoms with E-state index in [2.05, 4.69) is 20.4 Å². The molecule has 2 atom stereocenters. The van der Waals surface area contributed by atoms with E-state index >= 15 is 0 Å². The van der Waals surface area contributed by atoms with Crippen LogP contribution in [0.2, 0.25) is 0 Å². The Bertz CT molecular complexity index is 520. The molecule has 0 radical (unpaired) electrons. The predicted octanol–water partition coefficient (Wildman–Crippen LogP) is -0.135. The van der Waals surface area contributed by atoms with Gasteiger partial charge in [-0.15, -0.1) is 0 Å². The third kappa shape index (κ3) is 1.83. The Morgan fingerprint density at radius 2 is 2.47 bits per heavy atom. The lowest BCUT2D eigenvalue weighted by molar-refractivity contribution is 0.191. The van der Waals surface area contributed by atoms with Crippen LogP contribution in [-0.4, -0.2) is 37.4 Å². The molecule has 0 saturated carbocycles. The second kappa shape index (κ2) is 3.94. The first-order chi connectivity index (χ1) is 8.24. The maximum absolute atomic E-state index is 9.43.